The van der Waals surface area contributed by atoms with Gasteiger partial charge in [0.15, 0.2) is 0 Å². The summed E-state index contributed by atoms with van der Waals surface area (Å²) in [7, 11) is 0. The second kappa shape index (κ2) is 6.42. The van der Waals surface area contributed by atoms with Crippen LogP contribution in [0.25, 0.3) is 10.9 Å². The molecule has 0 fully saturated rings. The minimum absolute atomic E-state index is 0.490. The molecule has 0 saturated heterocycles. The molecule has 0 unspecified atom stereocenters. The van der Waals surface area contributed by atoms with Gasteiger partial charge in [-0.3, -0.25) is 0 Å². The minimum atomic E-state index is 0.490. The molecule has 0 amide bonds. The van der Waals surface area contributed by atoms with Gasteiger partial charge in [0.1, 0.15) is 12.4 Å². The molecule has 0 radical (unpaired) electrons. The van der Waals surface area contributed by atoms with Crippen LogP contribution in [0.4, 0.5) is 0 Å². The van der Waals surface area contributed by atoms with Gasteiger partial charge in [-0.1, -0.05) is 29.8 Å². The molecule has 1 aromatic heterocycles. The zero-order valence-corrected chi connectivity index (χ0v) is 13.3. The van der Waals surface area contributed by atoms with E-state index in [4.69, 9.17) is 22.1 Å². The first-order chi connectivity index (χ1) is 10.7. The van der Waals surface area contributed by atoms with Crippen LogP contribution in [-0.4, -0.2) is 4.57 Å². The number of nitrogens with two attached hydrogens (primary N) is 1. The van der Waals surface area contributed by atoms with Crippen LogP contribution >= 0.6 is 11.6 Å². The summed E-state index contributed by atoms with van der Waals surface area (Å²) in [6.45, 7) is 4.07. The van der Waals surface area contributed by atoms with Crippen LogP contribution in [0.3, 0.4) is 0 Å². The maximum atomic E-state index is 6.14. The normalized spacial score (nSPS) is 11.0. The van der Waals surface area contributed by atoms with E-state index in [-0.39, 0.29) is 0 Å². The van der Waals surface area contributed by atoms with E-state index in [1.54, 1.807) is 0 Å². The third kappa shape index (κ3) is 2.82. The van der Waals surface area contributed by atoms with Gasteiger partial charge in [-0.15, -0.1) is 0 Å². The van der Waals surface area contributed by atoms with Crippen LogP contribution in [0.1, 0.15) is 18.2 Å². The van der Waals surface area contributed by atoms with Gasteiger partial charge in [-0.25, -0.2) is 0 Å². The molecular weight excluding hydrogens is 296 g/mol. The summed E-state index contributed by atoms with van der Waals surface area (Å²) in [5, 5.41) is 1.83. The Balaban J connectivity index is 1.91. The summed E-state index contributed by atoms with van der Waals surface area (Å²) in [5.41, 5.74) is 9.20. The molecule has 2 aromatic carbocycles. The fourth-order valence-corrected chi connectivity index (χ4v) is 2.90. The number of nitrogens with zero attached hydrogens (tertiary/aromatic N) is 1. The van der Waals surface area contributed by atoms with Gasteiger partial charge in [0.05, 0.1) is 10.7 Å². The van der Waals surface area contributed by atoms with Gasteiger partial charge < -0.3 is 15.0 Å². The summed E-state index contributed by atoms with van der Waals surface area (Å²) in [6, 6.07) is 16.0. The monoisotopic (exact) mass is 314 g/mol. The Morgan fingerprint density at radius 3 is 2.68 bits per heavy atom. The fraction of sp³-hybridized carbons (Fsp3) is 0.222. The van der Waals surface area contributed by atoms with Gasteiger partial charge in [-0.2, -0.15) is 0 Å². The van der Waals surface area contributed by atoms with Crippen LogP contribution in [-0.2, 0) is 19.7 Å². The van der Waals surface area contributed by atoms with E-state index in [9.17, 15) is 0 Å². The molecule has 3 nitrogen and oxygen atoms in total. The lowest BCUT2D eigenvalue weighted by molar-refractivity contribution is 0.296. The third-order valence-corrected chi connectivity index (χ3v) is 4.13. The molecule has 3 rings (SSSR count). The van der Waals surface area contributed by atoms with E-state index in [0.717, 1.165) is 17.8 Å². The quantitative estimate of drug-likeness (QED) is 0.760. The molecule has 2 N–H and O–H groups in total. The number of halogens is 1. The van der Waals surface area contributed by atoms with Crippen molar-refractivity contribution < 1.29 is 4.74 Å². The minimum Gasteiger partial charge on any atom is -0.486 e. The van der Waals surface area contributed by atoms with Crippen molar-refractivity contribution in [2.24, 2.45) is 5.73 Å². The van der Waals surface area contributed by atoms with E-state index < -0.39 is 0 Å². The zero-order chi connectivity index (χ0) is 15.5. The van der Waals surface area contributed by atoms with Crippen molar-refractivity contribution in [3.8, 4) is 5.75 Å². The lowest BCUT2D eigenvalue weighted by Gasteiger charge is -2.10. The molecule has 0 bridgehead atoms. The van der Waals surface area contributed by atoms with E-state index >= 15 is 0 Å². The van der Waals surface area contributed by atoms with Crippen molar-refractivity contribution in [3.05, 3.63) is 64.8 Å². The molecule has 0 aliphatic heterocycles. The van der Waals surface area contributed by atoms with Crippen molar-refractivity contribution in [3.63, 3.8) is 0 Å². The van der Waals surface area contributed by atoms with Gasteiger partial charge in [-0.05, 0) is 42.8 Å². The largest absolute Gasteiger partial charge is 0.486 e. The Kier molecular flexibility index (Phi) is 4.36. The van der Waals surface area contributed by atoms with E-state index in [2.05, 4.69) is 35.8 Å². The van der Waals surface area contributed by atoms with Crippen LogP contribution in [0.2, 0.25) is 5.02 Å². The smallest absolute Gasteiger partial charge is 0.138 e. The maximum Gasteiger partial charge on any atom is 0.138 e. The van der Waals surface area contributed by atoms with Crippen LogP contribution in [0.5, 0.6) is 5.75 Å². The van der Waals surface area contributed by atoms with Gasteiger partial charge in [0.2, 0.25) is 0 Å². The zero-order valence-electron chi connectivity index (χ0n) is 12.6. The average molecular weight is 315 g/mol. The SMILES string of the molecule is CCn1c(COc2ccccc2Cl)cc2cc(CN)ccc21. The lowest BCUT2D eigenvalue weighted by Crippen LogP contribution is -2.04. The molecule has 4 heteroatoms. The van der Waals surface area contributed by atoms with E-state index in [1.807, 2.05) is 24.3 Å². The summed E-state index contributed by atoms with van der Waals surface area (Å²) in [4.78, 5) is 0. The van der Waals surface area contributed by atoms with Gasteiger partial charge >= 0.3 is 0 Å². The van der Waals surface area contributed by atoms with Gasteiger partial charge in [0.25, 0.3) is 0 Å². The molecule has 0 atom stereocenters. The molecule has 22 heavy (non-hydrogen) atoms. The van der Waals surface area contributed by atoms with Crippen molar-refractivity contribution in [2.75, 3.05) is 0 Å². The second-order valence-electron chi connectivity index (χ2n) is 5.20. The fourth-order valence-electron chi connectivity index (χ4n) is 2.71. The topological polar surface area (TPSA) is 40.2 Å². The first-order valence-corrected chi connectivity index (χ1v) is 7.79. The Bertz CT molecular complexity index is 795. The van der Waals surface area contributed by atoms with E-state index in [0.29, 0.717) is 23.9 Å². The predicted octanol–water partition coefficient (Wildman–Crippen LogP) is 4.35. The van der Waals surface area contributed by atoms with Crippen LogP contribution in [0, 0.1) is 0 Å². The molecule has 114 valence electrons. The number of benzene rings is 2. The Hall–Kier alpha value is -1.97. The molecule has 0 spiro atoms. The maximum absolute atomic E-state index is 6.14. The number of para-hydroxylation sites is 1. The Morgan fingerprint density at radius 1 is 1.14 bits per heavy atom. The van der Waals surface area contributed by atoms with Crippen molar-refractivity contribution >= 4 is 22.5 Å². The van der Waals surface area contributed by atoms with Crippen LogP contribution < -0.4 is 10.5 Å². The van der Waals surface area contributed by atoms with Crippen LogP contribution in [0.15, 0.2) is 48.5 Å². The molecule has 0 aliphatic rings. The Labute approximate surface area is 135 Å². The van der Waals surface area contributed by atoms with Crippen molar-refractivity contribution in [2.45, 2.75) is 26.6 Å². The van der Waals surface area contributed by atoms with E-state index in [1.165, 1.54) is 10.9 Å². The molecule has 1 heterocycles. The number of aromatic nitrogens is 1. The molecule has 0 aliphatic carbocycles. The third-order valence-electron chi connectivity index (χ3n) is 3.82. The average Bonchev–Trinajstić information content (AvgIpc) is 2.90. The highest BCUT2D eigenvalue weighted by atomic mass is 35.5. The number of ether oxygens (including phenoxy) is 1. The number of aryl methyl sites for hydroxylation is 1. The number of rotatable bonds is 5. The molecule has 0 saturated carbocycles. The summed E-state index contributed by atoms with van der Waals surface area (Å²) in [6.07, 6.45) is 0. The summed E-state index contributed by atoms with van der Waals surface area (Å²) < 4.78 is 8.13. The number of hydrogen-bond acceptors (Lipinski definition) is 2. The highest BCUT2D eigenvalue weighted by Crippen LogP contribution is 2.26. The summed E-state index contributed by atoms with van der Waals surface area (Å²) in [5.74, 6) is 0.708. The standard InChI is InChI=1S/C18H19ClN2O/c1-2-21-15(12-22-18-6-4-3-5-16(18)19)10-14-9-13(11-20)7-8-17(14)21/h3-10H,2,11-12,20H2,1H3. The lowest BCUT2D eigenvalue weighted by atomic mass is 10.1. The first-order valence-electron chi connectivity index (χ1n) is 7.41. The predicted molar refractivity (Wildman–Crippen MR) is 91.3 cm³/mol. The second-order valence-corrected chi connectivity index (χ2v) is 5.60. The highest BCUT2D eigenvalue weighted by molar-refractivity contribution is 6.32. The van der Waals surface area contributed by atoms with Gasteiger partial charge in [0, 0.05) is 24.0 Å². The van der Waals surface area contributed by atoms with Crippen molar-refractivity contribution in [1.82, 2.24) is 4.57 Å². The van der Waals surface area contributed by atoms with Crippen molar-refractivity contribution in [1.29, 1.82) is 0 Å². The first kappa shape index (κ1) is 14.9. The Morgan fingerprint density at radius 2 is 1.95 bits per heavy atom. The molecular formula is C18H19ClN2O. The molecule has 3 aromatic rings. The highest BCUT2D eigenvalue weighted by Gasteiger charge is 2.09. The number of hydrogen-bond donors (Lipinski definition) is 1. The number of fused-ring (bicyclic) bond motifs is 1. The summed E-state index contributed by atoms with van der Waals surface area (Å²) >= 11 is 6.14.